The second-order valence-corrected chi connectivity index (χ2v) is 5.03. The Labute approximate surface area is 122 Å². The molecule has 9 nitrogen and oxygen atoms in total. The summed E-state index contributed by atoms with van der Waals surface area (Å²) in [7, 11) is 0. The van der Waals surface area contributed by atoms with E-state index in [0.29, 0.717) is 6.54 Å². The zero-order valence-corrected chi connectivity index (χ0v) is 12.4. The SMILES string of the molecule is CC(C)CNC(=O)C(C)NC(=O)N(CC(N)=O)CC(=O)O. The average Bonchev–Trinajstić information content (AvgIpc) is 2.33. The number of amides is 4. The molecule has 1 unspecified atom stereocenters. The van der Waals surface area contributed by atoms with Crippen LogP contribution in [0, 0.1) is 5.92 Å². The van der Waals surface area contributed by atoms with Gasteiger partial charge in [0.25, 0.3) is 0 Å². The lowest BCUT2D eigenvalue weighted by Crippen LogP contribution is -2.52. The number of carboxylic acids is 1. The Kier molecular flexibility index (Phi) is 7.80. The van der Waals surface area contributed by atoms with E-state index in [2.05, 4.69) is 10.6 Å². The fraction of sp³-hybridized carbons (Fsp3) is 0.667. The monoisotopic (exact) mass is 302 g/mol. The molecule has 1 atom stereocenters. The van der Waals surface area contributed by atoms with Gasteiger partial charge in [0.05, 0.1) is 0 Å². The third kappa shape index (κ3) is 8.45. The van der Waals surface area contributed by atoms with Crippen molar-refractivity contribution in [3.63, 3.8) is 0 Å². The summed E-state index contributed by atoms with van der Waals surface area (Å²) < 4.78 is 0. The number of nitrogens with zero attached hydrogens (tertiary/aromatic N) is 1. The number of nitrogens with one attached hydrogen (secondary N) is 2. The van der Waals surface area contributed by atoms with E-state index in [-0.39, 0.29) is 5.92 Å². The van der Waals surface area contributed by atoms with Crippen LogP contribution in [0.2, 0.25) is 0 Å². The second kappa shape index (κ2) is 8.77. The number of urea groups is 1. The van der Waals surface area contributed by atoms with E-state index in [1.54, 1.807) is 0 Å². The Hall–Kier alpha value is -2.32. The highest BCUT2D eigenvalue weighted by Gasteiger charge is 2.22. The van der Waals surface area contributed by atoms with Crippen molar-refractivity contribution in [2.24, 2.45) is 11.7 Å². The fourth-order valence-electron chi connectivity index (χ4n) is 1.35. The molecule has 0 aromatic carbocycles. The highest BCUT2D eigenvalue weighted by atomic mass is 16.4. The van der Waals surface area contributed by atoms with E-state index in [9.17, 15) is 19.2 Å². The molecule has 0 rings (SSSR count). The molecule has 0 aromatic rings. The predicted octanol–water partition coefficient (Wildman–Crippen LogP) is -1.27. The third-order valence-corrected chi connectivity index (χ3v) is 2.38. The van der Waals surface area contributed by atoms with Crippen molar-refractivity contribution in [3.8, 4) is 0 Å². The number of hydrogen-bond acceptors (Lipinski definition) is 4. The quantitative estimate of drug-likeness (QED) is 0.442. The van der Waals surface area contributed by atoms with Gasteiger partial charge in [-0.2, -0.15) is 0 Å². The number of nitrogens with two attached hydrogens (primary N) is 1. The molecule has 0 aliphatic rings. The number of carbonyl (C=O) groups is 4. The zero-order valence-electron chi connectivity index (χ0n) is 12.4. The van der Waals surface area contributed by atoms with Gasteiger partial charge in [-0.15, -0.1) is 0 Å². The molecule has 4 amide bonds. The summed E-state index contributed by atoms with van der Waals surface area (Å²) in [5, 5.41) is 13.6. The van der Waals surface area contributed by atoms with E-state index >= 15 is 0 Å². The maximum absolute atomic E-state index is 11.8. The van der Waals surface area contributed by atoms with Crippen LogP contribution in [0.5, 0.6) is 0 Å². The smallest absolute Gasteiger partial charge is 0.323 e. The fourth-order valence-corrected chi connectivity index (χ4v) is 1.35. The molecule has 0 aliphatic heterocycles. The summed E-state index contributed by atoms with van der Waals surface area (Å²) in [5.41, 5.74) is 4.95. The van der Waals surface area contributed by atoms with Crippen LogP contribution < -0.4 is 16.4 Å². The molecule has 120 valence electrons. The first-order chi connectivity index (χ1) is 9.63. The van der Waals surface area contributed by atoms with E-state index in [0.717, 1.165) is 4.90 Å². The molecule has 0 heterocycles. The van der Waals surface area contributed by atoms with Crippen molar-refractivity contribution >= 4 is 23.8 Å². The maximum atomic E-state index is 11.8. The van der Waals surface area contributed by atoms with Crippen LogP contribution >= 0.6 is 0 Å². The first-order valence-electron chi connectivity index (χ1n) is 6.46. The number of carboxylic acid groups (broad SMARTS) is 1. The molecule has 0 fully saturated rings. The van der Waals surface area contributed by atoms with Crippen molar-refractivity contribution in [2.45, 2.75) is 26.8 Å². The lowest BCUT2D eigenvalue weighted by atomic mass is 10.2. The maximum Gasteiger partial charge on any atom is 0.323 e. The van der Waals surface area contributed by atoms with Gasteiger partial charge < -0.3 is 26.4 Å². The zero-order chi connectivity index (χ0) is 16.6. The largest absolute Gasteiger partial charge is 0.480 e. The van der Waals surface area contributed by atoms with Gasteiger partial charge in [-0.05, 0) is 12.8 Å². The van der Waals surface area contributed by atoms with Crippen LogP contribution in [-0.2, 0) is 14.4 Å². The normalized spacial score (nSPS) is 11.6. The van der Waals surface area contributed by atoms with Crippen molar-refractivity contribution in [1.82, 2.24) is 15.5 Å². The summed E-state index contributed by atoms with van der Waals surface area (Å²) in [4.78, 5) is 45.7. The highest BCUT2D eigenvalue weighted by molar-refractivity contribution is 5.90. The minimum atomic E-state index is -1.29. The van der Waals surface area contributed by atoms with Gasteiger partial charge in [-0.1, -0.05) is 13.8 Å². The van der Waals surface area contributed by atoms with Gasteiger partial charge >= 0.3 is 12.0 Å². The lowest BCUT2D eigenvalue weighted by molar-refractivity contribution is -0.137. The molecule has 0 aromatic heterocycles. The Balaban J connectivity index is 4.54. The van der Waals surface area contributed by atoms with Crippen molar-refractivity contribution in [3.05, 3.63) is 0 Å². The first kappa shape index (κ1) is 18.7. The molecular formula is C12H22N4O5. The number of primary amides is 1. The summed E-state index contributed by atoms with van der Waals surface area (Å²) in [5.74, 6) is -2.27. The molecular weight excluding hydrogens is 280 g/mol. The Morgan fingerprint density at radius 1 is 1.14 bits per heavy atom. The van der Waals surface area contributed by atoms with Crippen LogP contribution in [0.1, 0.15) is 20.8 Å². The van der Waals surface area contributed by atoms with E-state index in [1.807, 2.05) is 13.8 Å². The van der Waals surface area contributed by atoms with E-state index < -0.39 is 42.9 Å². The molecule has 21 heavy (non-hydrogen) atoms. The van der Waals surface area contributed by atoms with E-state index in [1.165, 1.54) is 6.92 Å². The number of hydrogen-bond donors (Lipinski definition) is 4. The van der Waals surface area contributed by atoms with E-state index in [4.69, 9.17) is 10.8 Å². The van der Waals surface area contributed by atoms with Crippen LogP contribution in [-0.4, -0.2) is 59.5 Å². The molecule has 0 bridgehead atoms. The minimum absolute atomic E-state index is 0.259. The molecule has 0 spiro atoms. The highest BCUT2D eigenvalue weighted by Crippen LogP contribution is 1.94. The standard InChI is InChI=1S/C12H22N4O5/c1-7(2)4-14-11(20)8(3)15-12(21)16(5-9(13)17)6-10(18)19/h7-8H,4-6H2,1-3H3,(H2,13,17)(H,14,20)(H,15,21)(H,18,19). The lowest BCUT2D eigenvalue weighted by Gasteiger charge is -2.22. The van der Waals surface area contributed by atoms with Crippen LogP contribution in [0.4, 0.5) is 4.79 Å². The van der Waals surface area contributed by atoms with Gasteiger partial charge in [-0.3, -0.25) is 14.4 Å². The van der Waals surface area contributed by atoms with Gasteiger partial charge in [-0.25, -0.2) is 4.79 Å². The molecule has 5 N–H and O–H groups in total. The Morgan fingerprint density at radius 3 is 2.14 bits per heavy atom. The van der Waals surface area contributed by atoms with Gasteiger partial charge in [0.2, 0.25) is 11.8 Å². The summed E-state index contributed by atoms with van der Waals surface area (Å²) in [6.45, 7) is 4.53. The minimum Gasteiger partial charge on any atom is -0.480 e. The average molecular weight is 302 g/mol. The molecule has 9 heteroatoms. The second-order valence-electron chi connectivity index (χ2n) is 5.03. The summed E-state index contributed by atoms with van der Waals surface area (Å²) in [6, 6.07) is -1.70. The van der Waals surface area contributed by atoms with Gasteiger partial charge in [0.1, 0.15) is 19.1 Å². The molecule has 0 radical (unpaired) electrons. The molecule has 0 aliphatic carbocycles. The van der Waals surface area contributed by atoms with Crippen molar-refractivity contribution in [1.29, 1.82) is 0 Å². The van der Waals surface area contributed by atoms with Gasteiger partial charge in [0.15, 0.2) is 0 Å². The summed E-state index contributed by atoms with van der Waals surface area (Å²) in [6.07, 6.45) is 0. The van der Waals surface area contributed by atoms with Crippen molar-refractivity contribution < 1.29 is 24.3 Å². The molecule has 0 saturated carbocycles. The van der Waals surface area contributed by atoms with Crippen LogP contribution in [0.25, 0.3) is 0 Å². The Bertz CT molecular complexity index is 394. The Morgan fingerprint density at radius 2 is 1.71 bits per heavy atom. The number of aliphatic carboxylic acids is 1. The first-order valence-corrected chi connectivity index (χ1v) is 6.46. The van der Waals surface area contributed by atoms with Gasteiger partial charge in [0, 0.05) is 6.54 Å². The number of carbonyl (C=O) groups excluding carboxylic acids is 3. The van der Waals surface area contributed by atoms with Crippen LogP contribution in [0.15, 0.2) is 0 Å². The number of rotatable bonds is 8. The topological polar surface area (TPSA) is 142 Å². The van der Waals surface area contributed by atoms with Crippen molar-refractivity contribution in [2.75, 3.05) is 19.6 Å². The summed E-state index contributed by atoms with van der Waals surface area (Å²) >= 11 is 0. The molecule has 0 saturated heterocycles. The predicted molar refractivity (Wildman–Crippen MR) is 74.2 cm³/mol. The third-order valence-electron chi connectivity index (χ3n) is 2.38. The van der Waals surface area contributed by atoms with Crippen LogP contribution in [0.3, 0.4) is 0 Å².